The van der Waals surface area contributed by atoms with Gasteiger partial charge in [-0.15, -0.1) is 0 Å². The highest BCUT2D eigenvalue weighted by Crippen LogP contribution is 2.21. The molecule has 0 unspecified atom stereocenters. The van der Waals surface area contributed by atoms with E-state index < -0.39 is 33.5 Å². The van der Waals surface area contributed by atoms with Crippen LogP contribution in [-0.2, 0) is 26.1 Å². The second-order valence-electron chi connectivity index (χ2n) is 7.42. The van der Waals surface area contributed by atoms with Crippen LogP contribution in [0.5, 0.6) is 0 Å². The van der Waals surface area contributed by atoms with Crippen LogP contribution in [0.25, 0.3) is 10.2 Å². The molecule has 1 N–H and O–H groups in total. The van der Waals surface area contributed by atoms with Crippen LogP contribution in [0.1, 0.15) is 17.3 Å². The van der Waals surface area contributed by atoms with Gasteiger partial charge in [0.05, 0.1) is 21.7 Å². The van der Waals surface area contributed by atoms with Crippen molar-refractivity contribution in [1.29, 1.82) is 0 Å². The van der Waals surface area contributed by atoms with E-state index in [1.165, 1.54) is 41.0 Å². The van der Waals surface area contributed by atoms with Gasteiger partial charge in [0.1, 0.15) is 18.2 Å². The monoisotopic (exact) mass is 531 g/mol. The second kappa shape index (κ2) is 10.4. The Hall–Kier alpha value is -3.90. The Balaban J connectivity index is 1.69. The molecule has 0 saturated heterocycles. The molecule has 1 heterocycles. The first-order valence-corrected chi connectivity index (χ1v) is 12.9. The first kappa shape index (κ1) is 25.2. The van der Waals surface area contributed by atoms with E-state index in [9.17, 15) is 26.8 Å². The summed E-state index contributed by atoms with van der Waals surface area (Å²) in [4.78, 5) is 29.1. The molecule has 0 spiro atoms. The third kappa shape index (κ3) is 5.50. The maximum absolute atomic E-state index is 14.6. The van der Waals surface area contributed by atoms with Crippen molar-refractivity contribution in [3.63, 3.8) is 0 Å². The molecule has 8 nitrogen and oxygen atoms in total. The number of thiazole rings is 1. The number of nitrogens with zero attached hydrogens (tertiary/aromatic N) is 2. The molecule has 1 aromatic heterocycles. The number of esters is 1. The number of sulfonamides is 1. The number of nitrogens with one attached hydrogen (secondary N) is 1. The normalized spacial score (nSPS) is 12.0. The standard InChI is InChI=1S/C24H19F2N3O5S2/c1-2-34-21(30)14-29-22-19(26)7-4-8-20(22)35-24(29)27-23(31)15-5-3-6-17(13-15)28-36(32,33)18-11-9-16(25)10-12-18/h3-13,28H,2,14H2,1H3. The highest BCUT2D eigenvalue weighted by Gasteiger charge is 2.17. The molecule has 0 aliphatic rings. The fraction of sp³-hybridized carbons (Fsp3) is 0.125. The van der Waals surface area contributed by atoms with Crippen molar-refractivity contribution in [2.45, 2.75) is 18.4 Å². The van der Waals surface area contributed by atoms with Crippen molar-refractivity contribution >= 4 is 49.1 Å². The number of para-hydroxylation sites is 1. The highest BCUT2D eigenvalue weighted by atomic mass is 32.2. The van der Waals surface area contributed by atoms with Crippen LogP contribution in [0.4, 0.5) is 14.5 Å². The number of hydrogen-bond acceptors (Lipinski definition) is 6. The zero-order valence-corrected chi connectivity index (χ0v) is 20.4. The number of carbonyl (C=O) groups excluding carboxylic acids is 2. The van der Waals surface area contributed by atoms with E-state index in [0.29, 0.717) is 4.70 Å². The Morgan fingerprint density at radius 1 is 1.06 bits per heavy atom. The molecule has 0 radical (unpaired) electrons. The number of anilines is 1. The summed E-state index contributed by atoms with van der Waals surface area (Å²) in [5.74, 6) is -2.52. The van der Waals surface area contributed by atoms with E-state index in [2.05, 4.69) is 9.71 Å². The van der Waals surface area contributed by atoms with E-state index in [1.807, 2.05) is 0 Å². The van der Waals surface area contributed by atoms with E-state index in [4.69, 9.17) is 4.74 Å². The minimum atomic E-state index is -4.03. The minimum absolute atomic E-state index is 0.0509. The van der Waals surface area contributed by atoms with E-state index in [0.717, 1.165) is 35.6 Å². The topological polar surface area (TPSA) is 107 Å². The Kier molecular flexibility index (Phi) is 7.27. The SMILES string of the molecule is CCOC(=O)Cn1c(=NC(=O)c2cccc(NS(=O)(=O)c3ccc(F)cc3)c2)sc2cccc(F)c21. The summed E-state index contributed by atoms with van der Waals surface area (Å²) in [5, 5.41) is 0. The zero-order chi connectivity index (χ0) is 25.9. The third-order valence-corrected chi connectivity index (χ3v) is 7.37. The summed E-state index contributed by atoms with van der Waals surface area (Å²) in [5.41, 5.74) is 0.250. The number of halogens is 2. The number of carbonyl (C=O) groups is 2. The fourth-order valence-electron chi connectivity index (χ4n) is 3.35. The predicted octanol–water partition coefficient (Wildman–Crippen LogP) is 4.09. The predicted molar refractivity (Wildman–Crippen MR) is 130 cm³/mol. The smallest absolute Gasteiger partial charge is 0.326 e. The molecule has 4 aromatic rings. The quantitative estimate of drug-likeness (QED) is 0.362. The molecule has 0 bridgehead atoms. The van der Waals surface area contributed by atoms with Crippen molar-refractivity contribution in [3.05, 3.63) is 88.7 Å². The molecular formula is C24H19F2N3O5S2. The van der Waals surface area contributed by atoms with Gasteiger partial charge in [0, 0.05) is 11.3 Å². The fourth-order valence-corrected chi connectivity index (χ4v) is 5.44. The third-order valence-electron chi connectivity index (χ3n) is 4.93. The Bertz CT molecular complexity index is 1630. The first-order valence-electron chi connectivity index (χ1n) is 10.6. The Labute approximate surface area is 208 Å². The van der Waals surface area contributed by atoms with Crippen molar-refractivity contribution in [2.24, 2.45) is 4.99 Å². The van der Waals surface area contributed by atoms with Crippen LogP contribution in [0, 0.1) is 11.6 Å². The Morgan fingerprint density at radius 3 is 2.50 bits per heavy atom. The summed E-state index contributed by atoms with van der Waals surface area (Å²) in [6, 6.07) is 14.3. The van der Waals surface area contributed by atoms with Crippen molar-refractivity contribution in [3.8, 4) is 0 Å². The number of ether oxygens (including phenoxy) is 1. The maximum Gasteiger partial charge on any atom is 0.326 e. The van der Waals surface area contributed by atoms with Gasteiger partial charge in [0.2, 0.25) is 0 Å². The summed E-state index contributed by atoms with van der Waals surface area (Å²) in [6.07, 6.45) is 0. The van der Waals surface area contributed by atoms with Gasteiger partial charge >= 0.3 is 5.97 Å². The van der Waals surface area contributed by atoms with E-state index in [-0.39, 0.29) is 39.6 Å². The van der Waals surface area contributed by atoms with Crippen LogP contribution in [-0.4, -0.2) is 31.5 Å². The van der Waals surface area contributed by atoms with E-state index in [1.54, 1.807) is 13.0 Å². The number of amides is 1. The van der Waals surface area contributed by atoms with Crippen LogP contribution in [0.15, 0.2) is 76.6 Å². The number of hydrogen-bond donors (Lipinski definition) is 1. The summed E-state index contributed by atoms with van der Waals surface area (Å²) >= 11 is 1.02. The van der Waals surface area contributed by atoms with Crippen molar-refractivity contribution in [1.82, 2.24) is 4.57 Å². The van der Waals surface area contributed by atoms with Crippen LogP contribution in [0.3, 0.4) is 0 Å². The molecule has 186 valence electrons. The summed E-state index contributed by atoms with van der Waals surface area (Å²) < 4.78 is 61.9. The molecular weight excluding hydrogens is 512 g/mol. The zero-order valence-electron chi connectivity index (χ0n) is 18.8. The summed E-state index contributed by atoms with van der Waals surface area (Å²) in [7, 11) is -4.03. The van der Waals surface area contributed by atoms with Gasteiger partial charge in [0.25, 0.3) is 15.9 Å². The number of benzene rings is 3. The van der Waals surface area contributed by atoms with Crippen molar-refractivity contribution < 1.29 is 31.5 Å². The Morgan fingerprint density at radius 2 is 1.78 bits per heavy atom. The average molecular weight is 532 g/mol. The van der Waals surface area contributed by atoms with Crippen LogP contribution < -0.4 is 9.52 Å². The van der Waals surface area contributed by atoms with Gasteiger partial charge in [-0.25, -0.2) is 17.2 Å². The largest absolute Gasteiger partial charge is 0.465 e. The molecule has 4 rings (SSSR count). The lowest BCUT2D eigenvalue weighted by Crippen LogP contribution is -2.23. The van der Waals surface area contributed by atoms with Crippen LogP contribution >= 0.6 is 11.3 Å². The lowest BCUT2D eigenvalue weighted by molar-refractivity contribution is -0.143. The molecule has 12 heteroatoms. The van der Waals surface area contributed by atoms with Gasteiger partial charge < -0.3 is 9.30 Å². The minimum Gasteiger partial charge on any atom is -0.465 e. The van der Waals surface area contributed by atoms with Gasteiger partial charge in [-0.05, 0) is 61.5 Å². The summed E-state index contributed by atoms with van der Waals surface area (Å²) in [6.45, 7) is 1.43. The number of rotatable bonds is 7. The molecule has 0 fully saturated rings. The first-order chi connectivity index (χ1) is 17.2. The average Bonchev–Trinajstić information content (AvgIpc) is 3.17. The highest BCUT2D eigenvalue weighted by molar-refractivity contribution is 7.92. The lowest BCUT2D eigenvalue weighted by atomic mass is 10.2. The molecule has 0 atom stereocenters. The molecule has 0 aliphatic carbocycles. The number of fused-ring (bicyclic) bond motifs is 1. The van der Waals surface area contributed by atoms with Gasteiger partial charge in [-0.2, -0.15) is 4.99 Å². The van der Waals surface area contributed by atoms with Crippen LogP contribution in [0.2, 0.25) is 0 Å². The molecule has 0 saturated carbocycles. The van der Waals surface area contributed by atoms with E-state index >= 15 is 0 Å². The maximum atomic E-state index is 14.6. The molecule has 1 amide bonds. The lowest BCUT2D eigenvalue weighted by Gasteiger charge is -2.09. The van der Waals surface area contributed by atoms with Crippen molar-refractivity contribution in [2.75, 3.05) is 11.3 Å². The molecule has 0 aliphatic heterocycles. The van der Waals surface area contributed by atoms with Gasteiger partial charge in [-0.3, -0.25) is 14.3 Å². The van der Waals surface area contributed by atoms with Gasteiger partial charge in [0.15, 0.2) is 4.80 Å². The second-order valence-corrected chi connectivity index (χ2v) is 10.1. The number of aromatic nitrogens is 1. The molecule has 3 aromatic carbocycles. The molecule has 36 heavy (non-hydrogen) atoms. The van der Waals surface area contributed by atoms with Gasteiger partial charge in [-0.1, -0.05) is 23.5 Å².